The fourth-order valence-corrected chi connectivity index (χ4v) is 16.9. The molecule has 2 saturated heterocycles. The Morgan fingerprint density at radius 2 is 1.13 bits per heavy atom. The number of carbonyl (C=O) groups excluding carboxylic acids is 17. The summed E-state index contributed by atoms with van der Waals surface area (Å²) in [6.45, 7) is 6.11. The second kappa shape index (κ2) is 50.8. The van der Waals surface area contributed by atoms with Gasteiger partial charge in [0.1, 0.15) is 72.5 Å². The van der Waals surface area contributed by atoms with Crippen molar-refractivity contribution in [2.75, 3.05) is 72.5 Å². The molecule has 3 aromatic carbocycles. The summed E-state index contributed by atoms with van der Waals surface area (Å²) in [7, 11) is 5.31. The summed E-state index contributed by atoms with van der Waals surface area (Å²) in [6.07, 6.45) is 5.71. The number of aromatic amines is 3. The highest BCUT2D eigenvalue weighted by atomic mass is 32.2. The summed E-state index contributed by atoms with van der Waals surface area (Å²) in [4.78, 5) is 268. The SMILES string of the molecule is CCCC[C@H]1C(=O)N(C)[C@@H](CCCC)C(=O)N[C@@H](CCCNC(=N)N)C(=O)N[C@H](C(=O)NCC(N)=O)CSCC(=O)N[C@@H](Cc2ccccc2)C(=O)N(C)[C@@H](C)C(=O)N[C@@H](CC(N)=O)C(=O)N2CCC[C@H]2C(=O)N[C@@H](Cc2cnc[nH]2)C(=O)N[C@@H](CC(C)C)C(=O)N(C)CC(=O)C[C@@H](Cc2c[nH]c3ccccc23)C(=O)N[C@@H](CO)C(=O)N[C@@H](Cc2c[nH]c3ccccc23)C(=O)N1C. The maximum Gasteiger partial charge on any atom is 0.246 e. The van der Waals surface area contributed by atoms with Crippen molar-refractivity contribution in [1.82, 2.24) is 97.6 Å². The number of imidazole rings is 1. The second-order valence-corrected chi connectivity index (χ2v) is 35.0. The van der Waals surface area contributed by atoms with E-state index in [0.717, 1.165) is 31.4 Å². The van der Waals surface area contributed by atoms with Gasteiger partial charge in [-0.2, -0.15) is 0 Å². The molecule has 42 heteroatoms. The highest BCUT2D eigenvalue weighted by molar-refractivity contribution is 8.00. The zero-order valence-corrected chi connectivity index (χ0v) is 76.9. The molecule has 2 aliphatic heterocycles. The monoisotopic (exact) mass is 1850 g/mol. The Labute approximate surface area is 769 Å². The van der Waals surface area contributed by atoms with Crippen molar-refractivity contribution in [1.29, 1.82) is 5.41 Å². The summed E-state index contributed by atoms with van der Waals surface area (Å²) in [6, 6.07) is 4.73. The van der Waals surface area contributed by atoms with Crippen LogP contribution in [0.25, 0.3) is 21.8 Å². The van der Waals surface area contributed by atoms with Crippen LogP contribution in [0.4, 0.5) is 0 Å². The normalized spacial score (nSPS) is 23.6. The van der Waals surface area contributed by atoms with Crippen LogP contribution in [-0.4, -0.2) is 301 Å². The summed E-state index contributed by atoms with van der Waals surface area (Å²) in [5.74, 6) is -17.9. The van der Waals surface area contributed by atoms with Gasteiger partial charge in [0.25, 0.3) is 0 Å². The minimum Gasteiger partial charge on any atom is -0.394 e. The fraction of sp³-hybridized carbons (Fsp3) is 0.522. The molecule has 132 heavy (non-hydrogen) atoms. The minimum atomic E-state index is -1.81. The molecule has 0 bridgehead atoms. The number of hydrogen-bond acceptors (Lipinski definition) is 21. The lowest BCUT2D eigenvalue weighted by Gasteiger charge is -2.36. The number of carbonyl (C=O) groups is 17. The van der Waals surface area contributed by atoms with Crippen LogP contribution in [0.5, 0.6) is 0 Å². The van der Waals surface area contributed by atoms with E-state index in [1.54, 1.807) is 105 Å². The van der Waals surface area contributed by atoms with Crippen molar-refractivity contribution >= 4 is 140 Å². The van der Waals surface area contributed by atoms with Crippen molar-refractivity contribution < 1.29 is 86.6 Å². The maximum atomic E-state index is 15.7. The number of hydrogen-bond donors (Lipinski definition) is 18. The first kappa shape index (κ1) is 104. The first-order valence-corrected chi connectivity index (χ1v) is 45.6. The molecule has 0 spiro atoms. The molecule has 0 saturated carbocycles. The number of Topliss-reactive ketones (excluding diaryl/α,β-unsaturated/α-hetero) is 1. The van der Waals surface area contributed by atoms with Crippen molar-refractivity contribution in [3.8, 4) is 0 Å². The third kappa shape index (κ3) is 30.1. The Bertz CT molecular complexity index is 5050. The number of nitrogens with zero attached hydrogens (tertiary/aromatic N) is 6. The summed E-state index contributed by atoms with van der Waals surface area (Å²) >= 11 is 0.797. The highest BCUT2D eigenvalue weighted by Gasteiger charge is 2.44. The van der Waals surface area contributed by atoms with Gasteiger partial charge < -0.3 is 115 Å². The van der Waals surface area contributed by atoms with Crippen LogP contribution in [-0.2, 0) is 107 Å². The molecule has 21 N–H and O–H groups in total. The van der Waals surface area contributed by atoms with Crippen LogP contribution in [0.1, 0.15) is 140 Å². The highest BCUT2D eigenvalue weighted by Crippen LogP contribution is 2.27. The number of aromatic nitrogens is 4. The van der Waals surface area contributed by atoms with Crippen molar-refractivity contribution in [2.24, 2.45) is 29.0 Å². The average Bonchev–Trinajstić information content (AvgIpc) is 1.48. The van der Waals surface area contributed by atoms with Gasteiger partial charge in [-0.1, -0.05) is 120 Å². The summed E-state index contributed by atoms with van der Waals surface area (Å²) < 4.78 is 0. The molecular weight excluding hydrogens is 1720 g/mol. The first-order valence-electron chi connectivity index (χ1n) is 44.4. The van der Waals surface area contributed by atoms with E-state index in [4.69, 9.17) is 22.6 Å². The molecule has 2 aliphatic rings. The van der Waals surface area contributed by atoms with E-state index in [9.17, 15) is 62.6 Å². The molecule has 41 nitrogen and oxygen atoms in total. The lowest BCUT2D eigenvalue weighted by Crippen LogP contribution is -2.61. The zero-order chi connectivity index (χ0) is 96.6. The number of rotatable bonds is 26. The van der Waals surface area contributed by atoms with Gasteiger partial charge in [-0.25, -0.2) is 4.98 Å². The maximum absolute atomic E-state index is 15.7. The first-order chi connectivity index (χ1) is 62.9. The molecule has 6 aromatic rings. The molecule has 0 unspecified atom stereocenters. The number of amides is 16. The molecule has 16 amide bonds. The molecule has 13 atom stereocenters. The third-order valence-corrected chi connectivity index (χ3v) is 24.4. The van der Waals surface area contributed by atoms with Crippen LogP contribution >= 0.6 is 11.8 Å². The van der Waals surface area contributed by atoms with E-state index in [-0.39, 0.29) is 89.6 Å². The number of para-hydroxylation sites is 2. The number of H-pyrrole nitrogens is 3. The van der Waals surface area contributed by atoms with Gasteiger partial charge in [-0.05, 0) is 93.0 Å². The van der Waals surface area contributed by atoms with E-state index < -0.39 is 229 Å². The largest absolute Gasteiger partial charge is 0.394 e. The number of nitrogens with one attached hydrogen (secondary N) is 14. The average molecular weight is 1850 g/mol. The van der Waals surface area contributed by atoms with Gasteiger partial charge in [-0.3, -0.25) is 86.9 Å². The number of primary amides is 2. The smallest absolute Gasteiger partial charge is 0.246 e. The van der Waals surface area contributed by atoms with Crippen LogP contribution in [0.3, 0.4) is 0 Å². The molecule has 716 valence electrons. The number of ketones is 1. The molecule has 0 aliphatic carbocycles. The predicted octanol–water partition coefficient (Wildman–Crippen LogP) is -1.05. The van der Waals surface area contributed by atoms with Gasteiger partial charge in [0.05, 0.1) is 38.2 Å². The molecule has 0 radical (unpaired) electrons. The summed E-state index contributed by atoms with van der Waals surface area (Å²) in [5.41, 5.74) is 20.2. The number of thioether (sulfide) groups is 1. The van der Waals surface area contributed by atoms with E-state index >= 15 is 24.0 Å². The van der Waals surface area contributed by atoms with Crippen LogP contribution in [0, 0.1) is 17.2 Å². The number of unbranched alkanes of at least 4 members (excludes halogenated alkanes) is 2. The zero-order valence-electron chi connectivity index (χ0n) is 76.1. The second-order valence-electron chi connectivity index (χ2n) is 34.0. The quantitative estimate of drug-likeness (QED) is 0.0175. The lowest BCUT2D eigenvalue weighted by atomic mass is 9.92. The minimum absolute atomic E-state index is 0.00144. The Hall–Kier alpha value is -13.3. The number of benzene rings is 3. The third-order valence-electron chi connectivity index (χ3n) is 23.4. The van der Waals surface area contributed by atoms with E-state index in [1.807, 2.05) is 13.8 Å². The van der Waals surface area contributed by atoms with Crippen LogP contribution in [0.2, 0.25) is 0 Å². The number of likely N-dealkylation sites (N-methyl/N-ethyl adjacent to an activating group) is 4. The van der Waals surface area contributed by atoms with Gasteiger partial charge in [0.2, 0.25) is 94.5 Å². The topological polar surface area (TPSA) is 609 Å². The molecule has 2 fully saturated rings. The Morgan fingerprint density at radius 1 is 0.561 bits per heavy atom. The lowest BCUT2D eigenvalue weighted by molar-refractivity contribution is -0.149. The number of aliphatic hydroxyl groups excluding tert-OH is 1. The van der Waals surface area contributed by atoms with E-state index in [1.165, 1.54) is 52.5 Å². The summed E-state index contributed by atoms with van der Waals surface area (Å²) in [5, 5.41) is 46.9. The number of aliphatic hydroxyl groups is 1. The predicted molar refractivity (Wildman–Crippen MR) is 491 cm³/mol. The van der Waals surface area contributed by atoms with Gasteiger partial charge in [0, 0.05) is 125 Å². The molecule has 5 heterocycles. The molecule has 8 rings (SSSR count). The van der Waals surface area contributed by atoms with E-state index in [2.05, 4.69) is 73.1 Å². The van der Waals surface area contributed by atoms with Crippen LogP contribution < -0.4 is 70.4 Å². The van der Waals surface area contributed by atoms with E-state index in [0.29, 0.717) is 69.9 Å². The van der Waals surface area contributed by atoms with Crippen molar-refractivity contribution in [3.63, 3.8) is 0 Å². The Balaban J connectivity index is 1.18. The Kier molecular flexibility index (Phi) is 40.0. The van der Waals surface area contributed by atoms with Crippen molar-refractivity contribution in [3.05, 3.63) is 126 Å². The number of fused-ring (bicyclic) bond motifs is 3. The van der Waals surface area contributed by atoms with Crippen molar-refractivity contribution in [2.45, 2.75) is 216 Å². The molecular formula is C90H127N23O18S. The number of guanidine groups is 1. The standard InChI is InChI=1S/C90H127N23O18S/c1-10-12-30-71-83(125)102-63(29-21-33-96-90(93)94)80(122)108-70(79(121)99-45-75(92)117)48-132-49-76(118)101-66(36-53-23-15-14-16-24-53)86(128)110(7)52(5)77(119)104-68(41-74(91)116)88(130)113-34-22-32-72(113)84(126)103-64(40-57-44-95-50-100-57)81(123)105-65(35-51(3)4)85(127)109(6)46-58(115)38-54(37-55-42-97-61-27-19-17-25-59(55)61)78(120)107-69(47-114)82(124)106-67(39-56-43-98-62-28-20-18-26-60(56)62)87(129)112(9)73(31-13-11-2)89(131)111(71)8/h14-20,23-28,42-44,50-52,54,63-73,97-98,114H,10-13,21-22,29-41,45-49H2,1-9H3,(H2,91,116)(H2,92,117)(H,95,100)(H,99,121)(H,101,118)(H,102,125)(H,103,126)(H,104,119)(H,105,123)(H,106,124)(H,107,120)(H,108,122)(H4,93,94,96)/t52-,54+,63-,64-,65-,66-,67-,68-,69-,70-,71-,72-,73-/m0/s1. The van der Waals surface area contributed by atoms with Gasteiger partial charge in [-0.15, -0.1) is 11.8 Å². The Morgan fingerprint density at radius 3 is 1.74 bits per heavy atom. The molecule has 3 aromatic heterocycles. The van der Waals surface area contributed by atoms with Crippen LogP contribution in [0.15, 0.2) is 104 Å². The van der Waals surface area contributed by atoms with Gasteiger partial charge in [0.15, 0.2) is 11.7 Å². The fourth-order valence-electron chi connectivity index (χ4n) is 16.1. The number of nitrogens with two attached hydrogens (primary N) is 3. The van der Waals surface area contributed by atoms with Gasteiger partial charge >= 0.3 is 0 Å².